The summed E-state index contributed by atoms with van der Waals surface area (Å²) in [5.74, 6) is -0.0730. The minimum atomic E-state index is -0.0730. The van der Waals surface area contributed by atoms with Gasteiger partial charge in [-0.1, -0.05) is 19.3 Å². The van der Waals surface area contributed by atoms with Crippen LogP contribution < -0.4 is 5.32 Å². The minimum Gasteiger partial charge on any atom is -0.348 e. The van der Waals surface area contributed by atoms with Crippen molar-refractivity contribution in [1.82, 2.24) is 24.9 Å². The molecule has 3 rings (SSSR count). The number of nitrogens with one attached hydrogen (secondary N) is 1. The van der Waals surface area contributed by atoms with Crippen molar-refractivity contribution in [3.8, 4) is 0 Å². The number of hydrogen-bond acceptors (Lipinski definition) is 3. The fraction of sp³-hybridized carbons (Fsp3) is 0.500. The summed E-state index contributed by atoms with van der Waals surface area (Å²) < 4.78 is 3.47. The van der Waals surface area contributed by atoms with E-state index < -0.39 is 0 Å². The van der Waals surface area contributed by atoms with Crippen molar-refractivity contribution in [2.24, 2.45) is 0 Å². The molecule has 0 atom stereocenters. The number of carbonyl (C=O) groups excluding carboxylic acids is 1. The van der Waals surface area contributed by atoms with Crippen LogP contribution in [0.15, 0.2) is 30.7 Å². The highest BCUT2D eigenvalue weighted by atomic mass is 16.2. The third kappa shape index (κ3) is 3.07. The van der Waals surface area contributed by atoms with Gasteiger partial charge in [0.15, 0.2) is 0 Å². The quantitative estimate of drug-likeness (QED) is 0.921. The zero-order valence-corrected chi connectivity index (χ0v) is 11.4. The summed E-state index contributed by atoms with van der Waals surface area (Å²) in [6.45, 7) is 0.518. The first-order chi connectivity index (χ1) is 9.81. The summed E-state index contributed by atoms with van der Waals surface area (Å²) >= 11 is 0. The Labute approximate surface area is 117 Å². The highest BCUT2D eigenvalue weighted by Gasteiger charge is 2.18. The Morgan fingerprint density at radius 3 is 2.85 bits per heavy atom. The molecule has 2 aromatic rings. The molecule has 0 radical (unpaired) electrons. The average Bonchev–Trinajstić information content (AvgIpc) is 3.12. The molecular formula is C14H19N5O. The number of hydrogen-bond donors (Lipinski definition) is 1. The zero-order valence-electron chi connectivity index (χ0n) is 11.4. The SMILES string of the molecule is O=C(NC1CCCCC1)c1ccn(Cn2cccn2)n1. The fourth-order valence-electron chi connectivity index (χ4n) is 2.60. The molecule has 0 saturated heterocycles. The second kappa shape index (κ2) is 5.90. The van der Waals surface area contributed by atoms with Crippen LogP contribution in [-0.2, 0) is 6.67 Å². The van der Waals surface area contributed by atoms with Gasteiger partial charge in [0, 0.05) is 24.6 Å². The number of nitrogens with zero attached hydrogens (tertiary/aromatic N) is 4. The van der Waals surface area contributed by atoms with Gasteiger partial charge in [-0.25, -0.2) is 0 Å². The number of carbonyl (C=O) groups is 1. The van der Waals surface area contributed by atoms with E-state index in [0.29, 0.717) is 18.4 Å². The first-order valence-electron chi connectivity index (χ1n) is 7.13. The van der Waals surface area contributed by atoms with Gasteiger partial charge in [0.2, 0.25) is 0 Å². The average molecular weight is 273 g/mol. The van der Waals surface area contributed by atoms with E-state index >= 15 is 0 Å². The summed E-state index contributed by atoms with van der Waals surface area (Å²) in [5.41, 5.74) is 0.475. The van der Waals surface area contributed by atoms with Crippen LogP contribution in [0.2, 0.25) is 0 Å². The second-order valence-corrected chi connectivity index (χ2v) is 5.24. The highest BCUT2D eigenvalue weighted by Crippen LogP contribution is 2.17. The number of rotatable bonds is 4. The molecule has 1 fully saturated rings. The molecule has 1 N–H and O–H groups in total. The van der Waals surface area contributed by atoms with Gasteiger partial charge in [0.1, 0.15) is 12.4 Å². The molecule has 0 bridgehead atoms. The van der Waals surface area contributed by atoms with Crippen LogP contribution in [0, 0.1) is 0 Å². The van der Waals surface area contributed by atoms with Gasteiger partial charge in [-0.15, -0.1) is 0 Å². The summed E-state index contributed by atoms with van der Waals surface area (Å²) in [5, 5.41) is 11.5. The predicted molar refractivity (Wildman–Crippen MR) is 74.2 cm³/mol. The maximum atomic E-state index is 12.1. The molecule has 0 aromatic carbocycles. The molecule has 106 valence electrons. The van der Waals surface area contributed by atoms with E-state index in [1.54, 1.807) is 27.8 Å². The molecule has 20 heavy (non-hydrogen) atoms. The minimum absolute atomic E-state index is 0.0730. The zero-order chi connectivity index (χ0) is 13.8. The molecule has 6 nitrogen and oxygen atoms in total. The third-order valence-electron chi connectivity index (χ3n) is 3.66. The predicted octanol–water partition coefficient (Wildman–Crippen LogP) is 1.65. The largest absolute Gasteiger partial charge is 0.348 e. The van der Waals surface area contributed by atoms with E-state index in [2.05, 4.69) is 15.5 Å². The van der Waals surface area contributed by atoms with Crippen molar-refractivity contribution in [1.29, 1.82) is 0 Å². The van der Waals surface area contributed by atoms with Gasteiger partial charge in [-0.05, 0) is 25.0 Å². The topological polar surface area (TPSA) is 64.7 Å². The summed E-state index contributed by atoms with van der Waals surface area (Å²) in [6.07, 6.45) is 11.3. The Bertz CT molecular complexity index is 554. The van der Waals surface area contributed by atoms with Crippen molar-refractivity contribution < 1.29 is 4.79 Å². The Hall–Kier alpha value is -2.11. The van der Waals surface area contributed by atoms with E-state index in [1.807, 2.05) is 12.3 Å². The van der Waals surface area contributed by atoms with E-state index in [-0.39, 0.29) is 5.91 Å². The molecule has 1 aliphatic rings. The van der Waals surface area contributed by atoms with Crippen LogP contribution in [0.3, 0.4) is 0 Å². The lowest BCUT2D eigenvalue weighted by Gasteiger charge is -2.22. The van der Waals surface area contributed by atoms with Crippen molar-refractivity contribution >= 4 is 5.91 Å². The van der Waals surface area contributed by atoms with E-state index in [0.717, 1.165) is 12.8 Å². The van der Waals surface area contributed by atoms with Crippen LogP contribution in [0.1, 0.15) is 42.6 Å². The standard InChI is InChI=1S/C14H19N5O/c20-14(16-12-5-2-1-3-6-12)13-7-10-19(17-13)11-18-9-4-8-15-18/h4,7-10,12H,1-3,5-6,11H2,(H,16,20). The Morgan fingerprint density at radius 1 is 1.25 bits per heavy atom. The monoisotopic (exact) mass is 273 g/mol. The van der Waals surface area contributed by atoms with Crippen molar-refractivity contribution in [3.63, 3.8) is 0 Å². The molecule has 2 aromatic heterocycles. The molecule has 2 heterocycles. The van der Waals surface area contributed by atoms with Crippen molar-refractivity contribution in [2.75, 3.05) is 0 Å². The van der Waals surface area contributed by atoms with Gasteiger partial charge >= 0.3 is 0 Å². The Morgan fingerprint density at radius 2 is 2.10 bits per heavy atom. The molecule has 6 heteroatoms. The molecule has 1 aliphatic carbocycles. The fourth-order valence-corrected chi connectivity index (χ4v) is 2.60. The maximum Gasteiger partial charge on any atom is 0.271 e. The van der Waals surface area contributed by atoms with Crippen LogP contribution >= 0.6 is 0 Å². The van der Waals surface area contributed by atoms with Gasteiger partial charge in [0.25, 0.3) is 5.91 Å². The maximum absolute atomic E-state index is 12.1. The summed E-state index contributed by atoms with van der Waals surface area (Å²) in [7, 11) is 0. The summed E-state index contributed by atoms with van der Waals surface area (Å²) in [6, 6.07) is 3.93. The molecule has 1 saturated carbocycles. The van der Waals surface area contributed by atoms with Crippen molar-refractivity contribution in [3.05, 3.63) is 36.4 Å². The molecule has 1 amide bonds. The van der Waals surface area contributed by atoms with Crippen LogP contribution in [-0.4, -0.2) is 31.5 Å². The highest BCUT2D eigenvalue weighted by molar-refractivity contribution is 5.92. The lowest BCUT2D eigenvalue weighted by atomic mass is 9.95. The summed E-state index contributed by atoms with van der Waals surface area (Å²) in [4.78, 5) is 12.1. The van der Waals surface area contributed by atoms with E-state index in [9.17, 15) is 4.79 Å². The van der Waals surface area contributed by atoms with Gasteiger partial charge in [0.05, 0.1) is 0 Å². The van der Waals surface area contributed by atoms with Crippen LogP contribution in [0.25, 0.3) is 0 Å². The van der Waals surface area contributed by atoms with Gasteiger partial charge < -0.3 is 5.32 Å². The Balaban J connectivity index is 1.59. The lowest BCUT2D eigenvalue weighted by molar-refractivity contribution is 0.0921. The smallest absolute Gasteiger partial charge is 0.271 e. The first kappa shape index (κ1) is 12.9. The van der Waals surface area contributed by atoms with E-state index in [4.69, 9.17) is 0 Å². The van der Waals surface area contributed by atoms with Crippen LogP contribution in [0.5, 0.6) is 0 Å². The second-order valence-electron chi connectivity index (χ2n) is 5.24. The van der Waals surface area contributed by atoms with Gasteiger partial charge in [-0.2, -0.15) is 10.2 Å². The van der Waals surface area contributed by atoms with Crippen LogP contribution in [0.4, 0.5) is 0 Å². The lowest BCUT2D eigenvalue weighted by Crippen LogP contribution is -2.36. The number of amides is 1. The molecule has 0 aliphatic heterocycles. The van der Waals surface area contributed by atoms with Crippen molar-refractivity contribution in [2.45, 2.75) is 44.8 Å². The Kier molecular flexibility index (Phi) is 3.80. The first-order valence-corrected chi connectivity index (χ1v) is 7.13. The van der Waals surface area contributed by atoms with Gasteiger partial charge in [-0.3, -0.25) is 14.2 Å². The number of aromatic nitrogens is 4. The molecule has 0 unspecified atom stereocenters. The molecular weight excluding hydrogens is 254 g/mol. The normalized spacial score (nSPS) is 16.2. The van der Waals surface area contributed by atoms with E-state index in [1.165, 1.54) is 19.3 Å². The molecule has 0 spiro atoms. The third-order valence-corrected chi connectivity index (χ3v) is 3.66.